The maximum absolute atomic E-state index is 13.1. The predicted octanol–water partition coefficient (Wildman–Crippen LogP) is 4.79. The van der Waals surface area contributed by atoms with Crippen molar-refractivity contribution in [2.24, 2.45) is 0 Å². The van der Waals surface area contributed by atoms with Crippen molar-refractivity contribution in [1.82, 2.24) is 19.9 Å². The van der Waals surface area contributed by atoms with Crippen molar-refractivity contribution in [2.45, 2.75) is 13.8 Å². The number of ether oxygens (including phenoxy) is 1. The SMILES string of the molecule is COc1cnc(C)cc1-c1cc(C)ncc1C(=O)Nc1nc2ncc(Br)cc2s1. The second-order valence-corrected chi connectivity index (χ2v) is 8.29. The molecule has 29 heavy (non-hydrogen) atoms. The zero-order chi connectivity index (χ0) is 20.5. The number of hydrogen-bond donors (Lipinski definition) is 1. The minimum atomic E-state index is -0.304. The van der Waals surface area contributed by atoms with Gasteiger partial charge in [0.15, 0.2) is 10.8 Å². The highest BCUT2D eigenvalue weighted by Crippen LogP contribution is 2.33. The molecular formula is C20H16BrN5O2S. The van der Waals surface area contributed by atoms with Crippen LogP contribution < -0.4 is 10.1 Å². The van der Waals surface area contributed by atoms with Crippen molar-refractivity contribution in [3.63, 3.8) is 0 Å². The Morgan fingerprint density at radius 1 is 1.03 bits per heavy atom. The number of carbonyl (C=O) groups excluding carboxylic acids is 1. The summed E-state index contributed by atoms with van der Waals surface area (Å²) in [6, 6.07) is 5.67. The van der Waals surface area contributed by atoms with E-state index >= 15 is 0 Å². The van der Waals surface area contributed by atoms with Crippen LogP contribution in [0.5, 0.6) is 5.75 Å². The van der Waals surface area contributed by atoms with Crippen LogP contribution >= 0.6 is 27.3 Å². The van der Waals surface area contributed by atoms with Crippen molar-refractivity contribution in [1.29, 1.82) is 0 Å². The Morgan fingerprint density at radius 3 is 2.52 bits per heavy atom. The molecule has 0 radical (unpaired) electrons. The molecule has 0 aromatic carbocycles. The molecule has 7 nitrogen and oxygen atoms in total. The number of aryl methyl sites for hydroxylation is 2. The molecule has 1 N–H and O–H groups in total. The zero-order valence-corrected chi connectivity index (χ0v) is 18.3. The van der Waals surface area contributed by atoms with E-state index in [1.807, 2.05) is 32.0 Å². The normalized spacial score (nSPS) is 10.9. The van der Waals surface area contributed by atoms with Crippen LogP contribution in [-0.4, -0.2) is 33.0 Å². The van der Waals surface area contributed by atoms with Gasteiger partial charge >= 0.3 is 0 Å². The molecule has 4 heterocycles. The molecule has 0 fully saturated rings. The summed E-state index contributed by atoms with van der Waals surface area (Å²) in [6.45, 7) is 3.77. The Bertz CT molecular complexity index is 1240. The van der Waals surface area contributed by atoms with Crippen molar-refractivity contribution in [2.75, 3.05) is 12.4 Å². The molecule has 4 aromatic heterocycles. The molecule has 0 unspecified atom stereocenters. The van der Waals surface area contributed by atoms with E-state index in [1.54, 1.807) is 25.7 Å². The highest BCUT2D eigenvalue weighted by Gasteiger charge is 2.19. The van der Waals surface area contributed by atoms with Gasteiger partial charge in [0.1, 0.15) is 5.75 Å². The second-order valence-electron chi connectivity index (χ2n) is 6.35. The summed E-state index contributed by atoms with van der Waals surface area (Å²) in [6.07, 6.45) is 4.89. The molecule has 4 aromatic rings. The van der Waals surface area contributed by atoms with Gasteiger partial charge in [-0.2, -0.15) is 4.98 Å². The van der Waals surface area contributed by atoms with Gasteiger partial charge < -0.3 is 4.74 Å². The van der Waals surface area contributed by atoms with Crippen LogP contribution in [-0.2, 0) is 0 Å². The van der Waals surface area contributed by atoms with Crippen LogP contribution in [0.25, 0.3) is 21.5 Å². The summed E-state index contributed by atoms with van der Waals surface area (Å²) in [7, 11) is 1.58. The molecule has 146 valence electrons. The molecule has 1 amide bonds. The third-order valence-electron chi connectivity index (χ3n) is 4.23. The first-order valence-corrected chi connectivity index (χ1v) is 10.3. The fourth-order valence-corrected chi connectivity index (χ4v) is 4.24. The molecular weight excluding hydrogens is 454 g/mol. The van der Waals surface area contributed by atoms with E-state index in [0.29, 0.717) is 22.1 Å². The van der Waals surface area contributed by atoms with E-state index in [-0.39, 0.29) is 5.91 Å². The molecule has 0 atom stereocenters. The molecule has 9 heteroatoms. The Kier molecular flexibility index (Phi) is 5.25. The van der Waals surface area contributed by atoms with Gasteiger partial charge in [-0.3, -0.25) is 20.1 Å². The average Bonchev–Trinajstić information content (AvgIpc) is 3.09. The number of methoxy groups -OCH3 is 1. The van der Waals surface area contributed by atoms with Crippen LogP contribution in [0.15, 0.2) is 41.3 Å². The number of pyridine rings is 3. The molecule has 0 aliphatic carbocycles. The first kappa shape index (κ1) is 19.4. The number of anilines is 1. The summed E-state index contributed by atoms with van der Waals surface area (Å²) in [4.78, 5) is 30.3. The topological polar surface area (TPSA) is 89.9 Å². The predicted molar refractivity (Wildman–Crippen MR) is 117 cm³/mol. The summed E-state index contributed by atoms with van der Waals surface area (Å²) in [5.74, 6) is 0.284. The fraction of sp³-hybridized carbons (Fsp3) is 0.150. The second kappa shape index (κ2) is 7.84. The van der Waals surface area contributed by atoms with Crippen LogP contribution in [0.3, 0.4) is 0 Å². The van der Waals surface area contributed by atoms with E-state index in [9.17, 15) is 4.79 Å². The van der Waals surface area contributed by atoms with Gasteiger partial charge in [0.25, 0.3) is 5.91 Å². The maximum atomic E-state index is 13.1. The number of carbonyl (C=O) groups is 1. The van der Waals surface area contributed by atoms with Crippen molar-refractivity contribution in [3.8, 4) is 16.9 Å². The van der Waals surface area contributed by atoms with Gasteiger partial charge in [-0.25, -0.2) is 4.98 Å². The number of halogens is 1. The summed E-state index contributed by atoms with van der Waals surface area (Å²) in [5.41, 5.74) is 4.13. The lowest BCUT2D eigenvalue weighted by atomic mass is 9.99. The van der Waals surface area contributed by atoms with Crippen LogP contribution in [0.1, 0.15) is 21.7 Å². The molecule has 0 bridgehead atoms. The number of amides is 1. The van der Waals surface area contributed by atoms with Crippen LogP contribution in [0.2, 0.25) is 0 Å². The molecule has 0 saturated heterocycles. The molecule has 0 aliphatic heterocycles. The van der Waals surface area contributed by atoms with E-state index in [0.717, 1.165) is 31.7 Å². The Morgan fingerprint density at radius 2 is 1.76 bits per heavy atom. The third-order valence-corrected chi connectivity index (χ3v) is 5.57. The number of thiazole rings is 1. The number of hydrogen-bond acceptors (Lipinski definition) is 7. The molecule has 0 saturated carbocycles. The van der Waals surface area contributed by atoms with E-state index < -0.39 is 0 Å². The smallest absolute Gasteiger partial charge is 0.259 e. The van der Waals surface area contributed by atoms with Crippen LogP contribution in [0, 0.1) is 13.8 Å². The summed E-state index contributed by atoms with van der Waals surface area (Å²) < 4.78 is 7.20. The summed E-state index contributed by atoms with van der Waals surface area (Å²) >= 11 is 4.75. The lowest BCUT2D eigenvalue weighted by Gasteiger charge is -2.13. The Balaban J connectivity index is 1.75. The standard InChI is InChI=1S/C20H16BrN5O2S/c1-10-4-13(14-5-11(2)23-9-16(14)28-3)15(8-22-10)19(27)26-20-25-18-17(29-20)6-12(21)7-24-18/h4-9H,1-3H3,(H,24,25,26,27). The van der Waals surface area contributed by atoms with Gasteiger partial charge in [0.05, 0.1) is 23.6 Å². The number of fused-ring (bicyclic) bond motifs is 1. The minimum Gasteiger partial charge on any atom is -0.494 e. The lowest BCUT2D eigenvalue weighted by molar-refractivity contribution is 0.102. The average molecular weight is 470 g/mol. The molecule has 0 aliphatic rings. The largest absolute Gasteiger partial charge is 0.494 e. The highest BCUT2D eigenvalue weighted by molar-refractivity contribution is 9.10. The third kappa shape index (κ3) is 3.96. The van der Waals surface area contributed by atoms with E-state index in [2.05, 4.69) is 41.2 Å². The van der Waals surface area contributed by atoms with Crippen molar-refractivity contribution < 1.29 is 9.53 Å². The number of rotatable bonds is 4. The van der Waals surface area contributed by atoms with Gasteiger partial charge in [-0.1, -0.05) is 11.3 Å². The number of nitrogens with one attached hydrogen (secondary N) is 1. The van der Waals surface area contributed by atoms with Crippen molar-refractivity contribution >= 4 is 48.7 Å². The van der Waals surface area contributed by atoms with Gasteiger partial charge in [-0.15, -0.1) is 0 Å². The minimum absolute atomic E-state index is 0.304. The van der Waals surface area contributed by atoms with Crippen LogP contribution in [0.4, 0.5) is 5.13 Å². The quantitative estimate of drug-likeness (QED) is 0.462. The van der Waals surface area contributed by atoms with E-state index in [1.165, 1.54) is 11.3 Å². The Labute approximate surface area is 179 Å². The highest BCUT2D eigenvalue weighted by atomic mass is 79.9. The maximum Gasteiger partial charge on any atom is 0.259 e. The first-order valence-electron chi connectivity index (χ1n) is 8.65. The lowest BCUT2D eigenvalue weighted by Crippen LogP contribution is -2.14. The number of nitrogens with zero attached hydrogens (tertiary/aromatic N) is 4. The number of aromatic nitrogens is 4. The first-order chi connectivity index (χ1) is 13.9. The van der Waals surface area contributed by atoms with Gasteiger partial charge in [0.2, 0.25) is 0 Å². The van der Waals surface area contributed by atoms with Gasteiger partial charge in [0, 0.05) is 39.4 Å². The monoisotopic (exact) mass is 469 g/mol. The fourth-order valence-electron chi connectivity index (χ4n) is 2.90. The van der Waals surface area contributed by atoms with Crippen molar-refractivity contribution in [3.05, 3.63) is 58.2 Å². The van der Waals surface area contributed by atoms with E-state index in [4.69, 9.17) is 4.74 Å². The van der Waals surface area contributed by atoms with Gasteiger partial charge in [-0.05, 0) is 48.0 Å². The summed E-state index contributed by atoms with van der Waals surface area (Å²) in [5, 5.41) is 3.34. The Hall–Kier alpha value is -2.91. The molecule has 0 spiro atoms. The zero-order valence-electron chi connectivity index (χ0n) is 15.9. The molecule has 4 rings (SSSR count).